The van der Waals surface area contributed by atoms with Crippen LogP contribution in [0.25, 0.3) is 66.6 Å². The molecule has 0 aliphatic heterocycles. The minimum Gasteiger partial charge on any atom is -0.245 e. The Hall–Kier alpha value is -5.08. The van der Waals surface area contributed by atoms with Crippen LogP contribution in [-0.2, 0) is 12.8 Å². The molecule has 2 heteroatoms. The molecule has 0 radical (unpaired) electrons. The van der Waals surface area contributed by atoms with Crippen molar-refractivity contribution in [3.63, 3.8) is 0 Å². The van der Waals surface area contributed by atoms with Gasteiger partial charge in [-0.05, 0) is 70.5 Å². The van der Waals surface area contributed by atoms with E-state index in [9.17, 15) is 0 Å². The lowest BCUT2D eigenvalue weighted by Gasteiger charge is -2.16. The van der Waals surface area contributed by atoms with Crippen molar-refractivity contribution in [2.75, 3.05) is 0 Å². The lowest BCUT2D eigenvalue weighted by atomic mass is 9.93. The van der Waals surface area contributed by atoms with Crippen LogP contribution in [0.1, 0.15) is 25.0 Å². The number of hydrogen-bond donors (Lipinski definition) is 0. The highest BCUT2D eigenvalue weighted by atomic mass is 14.8. The van der Waals surface area contributed by atoms with Gasteiger partial charge in [-0.15, -0.1) is 0 Å². The molecule has 0 amide bonds. The average Bonchev–Trinajstić information content (AvgIpc) is 3.08. The Balaban J connectivity index is 1.60. The van der Waals surface area contributed by atoms with E-state index in [-0.39, 0.29) is 0 Å². The Morgan fingerprint density at radius 3 is 1.21 bits per heavy atom. The van der Waals surface area contributed by atoms with Crippen LogP contribution >= 0.6 is 0 Å². The minimum absolute atomic E-state index is 0.927. The zero-order valence-electron chi connectivity index (χ0n) is 24.0. The fourth-order valence-corrected chi connectivity index (χ4v) is 5.89. The van der Waals surface area contributed by atoms with Crippen LogP contribution < -0.4 is 0 Å². The Morgan fingerprint density at radius 2 is 0.810 bits per heavy atom. The van der Waals surface area contributed by atoms with Crippen molar-refractivity contribution in [2.24, 2.45) is 0 Å². The second-order valence-corrected chi connectivity index (χ2v) is 10.8. The molecule has 2 nitrogen and oxygen atoms in total. The van der Waals surface area contributed by atoms with Crippen molar-refractivity contribution < 1.29 is 0 Å². The Labute approximate surface area is 247 Å². The number of pyridine rings is 2. The number of aryl methyl sites for hydroxylation is 2. The smallest absolute Gasteiger partial charge is 0.0978 e. The summed E-state index contributed by atoms with van der Waals surface area (Å²) < 4.78 is 0. The summed E-state index contributed by atoms with van der Waals surface area (Å²) in [5, 5.41) is 2.21. The second-order valence-electron chi connectivity index (χ2n) is 10.8. The molecule has 7 rings (SSSR count). The maximum Gasteiger partial charge on any atom is 0.0978 e. The van der Waals surface area contributed by atoms with Crippen molar-refractivity contribution in [2.45, 2.75) is 26.7 Å². The van der Waals surface area contributed by atoms with E-state index in [2.05, 4.69) is 147 Å². The molecule has 0 spiro atoms. The summed E-state index contributed by atoms with van der Waals surface area (Å²) in [7, 11) is 0. The molecule has 0 saturated heterocycles. The summed E-state index contributed by atoms with van der Waals surface area (Å²) in [6.45, 7) is 4.39. The summed E-state index contributed by atoms with van der Waals surface area (Å²) in [5.41, 5.74) is 13.3. The summed E-state index contributed by atoms with van der Waals surface area (Å²) >= 11 is 0. The van der Waals surface area contributed by atoms with Crippen LogP contribution in [0.2, 0.25) is 0 Å². The molecule has 0 bridgehead atoms. The topological polar surface area (TPSA) is 25.8 Å². The van der Waals surface area contributed by atoms with Crippen LogP contribution in [-0.4, -0.2) is 9.97 Å². The van der Waals surface area contributed by atoms with Crippen molar-refractivity contribution >= 4 is 21.8 Å². The van der Waals surface area contributed by atoms with Gasteiger partial charge in [0.05, 0.1) is 22.4 Å². The van der Waals surface area contributed by atoms with Gasteiger partial charge < -0.3 is 0 Å². The fourth-order valence-electron chi connectivity index (χ4n) is 5.89. The molecule has 0 saturated carbocycles. The average molecular weight is 541 g/mol. The van der Waals surface area contributed by atoms with Gasteiger partial charge in [0.25, 0.3) is 0 Å². The lowest BCUT2D eigenvalue weighted by molar-refractivity contribution is 1.14. The Morgan fingerprint density at radius 1 is 0.405 bits per heavy atom. The van der Waals surface area contributed by atoms with Gasteiger partial charge in [0.2, 0.25) is 0 Å². The monoisotopic (exact) mass is 540 g/mol. The molecule has 42 heavy (non-hydrogen) atoms. The highest BCUT2D eigenvalue weighted by Crippen LogP contribution is 2.39. The van der Waals surface area contributed by atoms with Crippen LogP contribution in [0.5, 0.6) is 0 Å². The lowest BCUT2D eigenvalue weighted by Crippen LogP contribution is -1.96. The number of nitrogens with zero attached hydrogens (tertiary/aromatic N) is 2. The number of rotatable bonds is 6. The molecule has 5 aromatic carbocycles. The third kappa shape index (κ3) is 4.76. The summed E-state index contributed by atoms with van der Waals surface area (Å²) in [6, 6.07) is 47.7. The Bertz CT molecular complexity index is 1890. The van der Waals surface area contributed by atoms with Crippen LogP contribution in [0, 0.1) is 0 Å². The third-order valence-corrected chi connectivity index (χ3v) is 8.19. The summed E-state index contributed by atoms with van der Waals surface area (Å²) in [6.07, 6.45) is 1.97. The molecule has 0 atom stereocenters. The first-order chi connectivity index (χ1) is 20.7. The van der Waals surface area contributed by atoms with E-state index in [1.54, 1.807) is 0 Å². The molecule has 2 aromatic heterocycles. The first-order valence-corrected chi connectivity index (χ1v) is 14.8. The Kier molecular flexibility index (Phi) is 6.81. The molecule has 0 unspecified atom stereocenters. The SMILES string of the molecule is CCc1cccc(-c2cc(-c3ccccc3)c3ccc4c(-c5ccccc5)cc(-c5cccc(CC)c5)nc4c3n2)c1. The van der Waals surface area contributed by atoms with Gasteiger partial charge in [-0.25, -0.2) is 9.97 Å². The highest BCUT2D eigenvalue weighted by Gasteiger charge is 2.17. The van der Waals surface area contributed by atoms with Gasteiger partial charge in [-0.1, -0.05) is 123 Å². The van der Waals surface area contributed by atoms with Crippen molar-refractivity contribution in [1.29, 1.82) is 0 Å². The summed E-state index contributed by atoms with van der Waals surface area (Å²) in [4.78, 5) is 10.8. The van der Waals surface area contributed by atoms with Crippen molar-refractivity contribution in [3.05, 3.63) is 145 Å². The zero-order chi connectivity index (χ0) is 28.5. The van der Waals surface area contributed by atoms with E-state index in [0.717, 1.165) is 57.2 Å². The molecule has 2 heterocycles. The fraction of sp³-hybridized carbons (Fsp3) is 0.100. The predicted octanol–water partition coefficient (Wildman–Crippen LogP) is 10.6. The van der Waals surface area contributed by atoms with E-state index >= 15 is 0 Å². The zero-order valence-corrected chi connectivity index (χ0v) is 24.0. The van der Waals surface area contributed by atoms with E-state index in [4.69, 9.17) is 9.97 Å². The van der Waals surface area contributed by atoms with Crippen molar-refractivity contribution in [1.82, 2.24) is 9.97 Å². The first-order valence-electron chi connectivity index (χ1n) is 14.8. The minimum atomic E-state index is 0.927. The van der Waals surface area contributed by atoms with Crippen LogP contribution in [0.15, 0.2) is 133 Å². The van der Waals surface area contributed by atoms with Gasteiger partial charge in [0.1, 0.15) is 0 Å². The number of hydrogen-bond acceptors (Lipinski definition) is 2. The number of aromatic nitrogens is 2. The maximum absolute atomic E-state index is 5.38. The molecule has 0 aliphatic rings. The van der Waals surface area contributed by atoms with Gasteiger partial charge >= 0.3 is 0 Å². The normalized spacial score (nSPS) is 11.3. The largest absolute Gasteiger partial charge is 0.245 e. The highest BCUT2D eigenvalue weighted by molar-refractivity contribution is 6.13. The van der Waals surface area contributed by atoms with E-state index in [1.807, 2.05) is 0 Å². The summed E-state index contributed by atoms with van der Waals surface area (Å²) in [5.74, 6) is 0. The van der Waals surface area contributed by atoms with Crippen LogP contribution in [0.4, 0.5) is 0 Å². The maximum atomic E-state index is 5.38. The molecular weight excluding hydrogens is 508 g/mol. The van der Waals surface area contributed by atoms with Gasteiger partial charge in [-0.3, -0.25) is 0 Å². The molecule has 7 aromatic rings. The molecule has 202 valence electrons. The number of benzene rings is 5. The molecule has 0 fully saturated rings. The van der Waals surface area contributed by atoms with E-state index < -0.39 is 0 Å². The molecular formula is C40H32N2. The standard InChI is InChI=1S/C40H32N2/c1-3-27-13-11-19-31(23-27)37-25-35(29-15-7-5-8-16-29)33-21-22-34-36(30-17-9-6-10-18-30)26-38(42-40(34)39(33)41-37)32-20-12-14-28(4-2)24-32/h5-26H,3-4H2,1-2H3. The van der Waals surface area contributed by atoms with Crippen molar-refractivity contribution in [3.8, 4) is 44.8 Å². The van der Waals surface area contributed by atoms with Gasteiger partial charge in [0, 0.05) is 21.9 Å². The van der Waals surface area contributed by atoms with Gasteiger partial charge in [0.15, 0.2) is 0 Å². The molecule has 0 aliphatic carbocycles. The second kappa shape index (κ2) is 11.1. The van der Waals surface area contributed by atoms with Gasteiger partial charge in [-0.2, -0.15) is 0 Å². The number of fused-ring (bicyclic) bond motifs is 3. The van der Waals surface area contributed by atoms with Crippen LogP contribution in [0.3, 0.4) is 0 Å². The quantitative estimate of drug-likeness (QED) is 0.196. The predicted molar refractivity (Wildman–Crippen MR) is 178 cm³/mol. The first kappa shape index (κ1) is 25.9. The molecule has 0 N–H and O–H groups in total. The third-order valence-electron chi connectivity index (χ3n) is 8.19. The van der Waals surface area contributed by atoms with E-state index in [0.29, 0.717) is 0 Å². The van der Waals surface area contributed by atoms with E-state index in [1.165, 1.54) is 33.4 Å².